The molecule has 1 aliphatic heterocycles. The normalized spacial score (nSPS) is 21.6. The van der Waals surface area contributed by atoms with Gasteiger partial charge in [-0.05, 0) is 97.4 Å². The Balaban J connectivity index is 2.30. The molecule has 190 valence electrons. The van der Waals surface area contributed by atoms with Crippen LogP contribution in [-0.2, 0) is 10.8 Å². The lowest BCUT2D eigenvalue weighted by molar-refractivity contribution is 0.00955. The highest BCUT2D eigenvalue weighted by Crippen LogP contribution is 2.55. The van der Waals surface area contributed by atoms with Gasteiger partial charge in [-0.25, -0.2) is 4.79 Å². The molecule has 0 bridgehead atoms. The lowest BCUT2D eigenvalue weighted by Gasteiger charge is -2.47. The van der Waals surface area contributed by atoms with Crippen molar-refractivity contribution in [3.8, 4) is 11.5 Å². The minimum atomic E-state index is -2.08. The van der Waals surface area contributed by atoms with E-state index in [-0.39, 0.29) is 17.5 Å². The molecule has 0 amide bonds. The van der Waals surface area contributed by atoms with Gasteiger partial charge < -0.3 is 13.6 Å². The first-order chi connectivity index (χ1) is 15.6. The highest BCUT2D eigenvalue weighted by Gasteiger charge is 2.48. The molecule has 1 aromatic rings. The maximum absolute atomic E-state index is 13.7. The summed E-state index contributed by atoms with van der Waals surface area (Å²) in [5.41, 5.74) is 3.74. The molecule has 0 spiro atoms. The van der Waals surface area contributed by atoms with Crippen molar-refractivity contribution in [1.29, 1.82) is 0 Å². The zero-order valence-corrected chi connectivity index (χ0v) is 25.2. The monoisotopic (exact) mass is 502 g/mol. The predicted octanol–water partition coefficient (Wildman–Crippen LogP) is 8.24. The minimum absolute atomic E-state index is 0.182. The molecule has 2 unspecified atom stereocenters. The number of benzene rings is 1. The third kappa shape index (κ3) is 6.17. The van der Waals surface area contributed by atoms with E-state index in [0.29, 0.717) is 17.2 Å². The van der Waals surface area contributed by atoms with E-state index in [1.165, 1.54) is 5.57 Å². The van der Waals surface area contributed by atoms with E-state index >= 15 is 0 Å². The molecule has 0 saturated carbocycles. The summed E-state index contributed by atoms with van der Waals surface area (Å²) >= 11 is 0. The molecule has 4 nitrogen and oxygen atoms in total. The lowest BCUT2D eigenvalue weighted by Crippen LogP contribution is -2.46. The number of carbonyl (C=O) groups excluding carboxylic acids is 1. The summed E-state index contributed by atoms with van der Waals surface area (Å²) in [6.07, 6.45) is 8.69. The van der Waals surface area contributed by atoms with Gasteiger partial charge in [0.1, 0.15) is 22.7 Å². The van der Waals surface area contributed by atoms with Crippen molar-refractivity contribution in [3.05, 3.63) is 34.4 Å². The van der Waals surface area contributed by atoms with Crippen molar-refractivity contribution >= 4 is 22.6 Å². The van der Waals surface area contributed by atoms with Gasteiger partial charge in [0.05, 0.1) is 0 Å². The van der Waals surface area contributed by atoms with Gasteiger partial charge in [-0.3, -0.25) is 0 Å². The third-order valence-corrected chi connectivity index (χ3v) is 8.40. The smallest absolute Gasteiger partial charge is 0.328 e. The van der Waals surface area contributed by atoms with Crippen LogP contribution in [0.2, 0.25) is 39.3 Å². The summed E-state index contributed by atoms with van der Waals surface area (Å²) in [6, 6.07) is 2.16. The number of hydrogen-bond donors (Lipinski definition) is 0. The molecule has 1 heterocycles. The van der Waals surface area contributed by atoms with Crippen LogP contribution in [0.5, 0.6) is 11.5 Å². The van der Waals surface area contributed by atoms with Crippen LogP contribution in [-0.4, -0.2) is 28.2 Å². The standard InChI is InChI=1S/C28H46O4Si2/c1-11-12-13-14-20-18-23(31-33(5,6)7)25-21-17-19(2)15-16-22(21)28(3,4)30-26(25)24(20)27(29)32-34(8,9)10/h17-18,21-22H,11-16H2,1-10H3. The average molecular weight is 503 g/mol. The van der Waals surface area contributed by atoms with Gasteiger partial charge in [-0.2, -0.15) is 0 Å². The topological polar surface area (TPSA) is 44.8 Å². The second-order valence-corrected chi connectivity index (χ2v) is 21.6. The Labute approximate surface area is 209 Å². The van der Waals surface area contributed by atoms with E-state index in [9.17, 15) is 4.79 Å². The van der Waals surface area contributed by atoms with E-state index in [2.05, 4.69) is 79.1 Å². The average Bonchev–Trinajstić information content (AvgIpc) is 2.64. The zero-order chi connectivity index (χ0) is 25.5. The molecule has 1 aliphatic carbocycles. The molecule has 0 radical (unpaired) electrons. The first-order valence-electron chi connectivity index (χ1n) is 13.1. The summed E-state index contributed by atoms with van der Waals surface area (Å²) in [7, 11) is -3.98. The molecule has 0 aromatic heterocycles. The summed E-state index contributed by atoms with van der Waals surface area (Å²) in [4.78, 5) is 13.7. The van der Waals surface area contributed by atoms with Crippen LogP contribution in [0.1, 0.15) is 87.2 Å². The van der Waals surface area contributed by atoms with Crippen LogP contribution in [0, 0.1) is 5.92 Å². The van der Waals surface area contributed by atoms with Gasteiger partial charge in [-0.1, -0.05) is 31.4 Å². The lowest BCUT2D eigenvalue weighted by atomic mass is 9.67. The van der Waals surface area contributed by atoms with E-state index in [4.69, 9.17) is 13.6 Å². The number of carbonyl (C=O) groups is 1. The molecule has 0 saturated heterocycles. The van der Waals surface area contributed by atoms with Gasteiger partial charge in [0, 0.05) is 17.4 Å². The number of rotatable bonds is 8. The first-order valence-corrected chi connectivity index (χ1v) is 19.9. The highest BCUT2D eigenvalue weighted by molar-refractivity contribution is 6.71. The molecule has 6 heteroatoms. The van der Waals surface area contributed by atoms with Crippen molar-refractivity contribution in [2.45, 2.75) is 117 Å². The van der Waals surface area contributed by atoms with Crippen LogP contribution < -0.4 is 9.16 Å². The molecule has 2 aliphatic rings. The Morgan fingerprint density at radius 3 is 2.38 bits per heavy atom. The second kappa shape index (κ2) is 9.84. The molecule has 1 aromatic carbocycles. The fourth-order valence-electron chi connectivity index (χ4n) is 5.32. The molecular formula is C28H46O4Si2. The van der Waals surface area contributed by atoms with Crippen LogP contribution in [0.15, 0.2) is 17.7 Å². The van der Waals surface area contributed by atoms with Crippen molar-refractivity contribution in [2.24, 2.45) is 5.92 Å². The molecule has 2 atom stereocenters. The molecule has 3 rings (SSSR count). The van der Waals surface area contributed by atoms with Crippen LogP contribution in [0.4, 0.5) is 0 Å². The van der Waals surface area contributed by atoms with Crippen molar-refractivity contribution in [2.75, 3.05) is 0 Å². The molecule has 0 N–H and O–H groups in total. The Kier molecular flexibility index (Phi) is 7.83. The second-order valence-electron chi connectivity index (χ2n) is 12.7. The quantitative estimate of drug-likeness (QED) is 0.204. The molecular weight excluding hydrogens is 456 g/mol. The Hall–Kier alpha value is -1.54. The number of ether oxygens (including phenoxy) is 1. The number of unbranched alkanes of at least 4 members (excludes halogenated alkanes) is 2. The number of allylic oxidation sites excluding steroid dienone is 2. The number of hydrogen-bond acceptors (Lipinski definition) is 4. The third-order valence-electron chi connectivity index (χ3n) is 6.77. The van der Waals surface area contributed by atoms with E-state index in [1.54, 1.807) is 0 Å². The van der Waals surface area contributed by atoms with E-state index < -0.39 is 16.6 Å². The van der Waals surface area contributed by atoms with Gasteiger partial charge in [-0.15, -0.1) is 0 Å². The molecule has 34 heavy (non-hydrogen) atoms. The zero-order valence-electron chi connectivity index (χ0n) is 23.2. The van der Waals surface area contributed by atoms with Gasteiger partial charge in [0.25, 0.3) is 0 Å². The fraction of sp³-hybridized carbons (Fsp3) is 0.679. The highest BCUT2D eigenvalue weighted by atomic mass is 28.4. The Morgan fingerprint density at radius 1 is 1.12 bits per heavy atom. The summed E-state index contributed by atoms with van der Waals surface area (Å²) in [6.45, 7) is 21.6. The summed E-state index contributed by atoms with van der Waals surface area (Å²) < 4.78 is 19.6. The number of aryl methyl sites for hydroxylation is 1. The first kappa shape index (κ1) is 27.1. The Bertz CT molecular complexity index is 951. The van der Waals surface area contributed by atoms with Crippen LogP contribution in [0.3, 0.4) is 0 Å². The SMILES string of the molecule is CCCCCc1cc(O[Si](C)(C)C)c2c(c1C(=O)O[Si](C)(C)C)OC(C)(C)C1CCC(C)=CC21. The maximum Gasteiger partial charge on any atom is 0.328 e. The van der Waals surface area contributed by atoms with Gasteiger partial charge in [0.2, 0.25) is 16.6 Å². The van der Waals surface area contributed by atoms with Crippen molar-refractivity contribution in [3.63, 3.8) is 0 Å². The van der Waals surface area contributed by atoms with Gasteiger partial charge >= 0.3 is 5.97 Å². The molecule has 0 fully saturated rings. The minimum Gasteiger partial charge on any atom is -0.544 e. The van der Waals surface area contributed by atoms with Crippen LogP contribution >= 0.6 is 0 Å². The summed E-state index contributed by atoms with van der Waals surface area (Å²) in [5, 5.41) is 0. The largest absolute Gasteiger partial charge is 0.544 e. The summed E-state index contributed by atoms with van der Waals surface area (Å²) in [5.74, 6) is 1.93. The van der Waals surface area contributed by atoms with E-state index in [1.807, 2.05) is 0 Å². The van der Waals surface area contributed by atoms with Crippen LogP contribution in [0.25, 0.3) is 0 Å². The Morgan fingerprint density at radius 2 is 1.79 bits per heavy atom. The maximum atomic E-state index is 13.7. The van der Waals surface area contributed by atoms with E-state index in [0.717, 1.165) is 55.4 Å². The van der Waals surface area contributed by atoms with Gasteiger partial charge in [0.15, 0.2) is 0 Å². The number of fused-ring (bicyclic) bond motifs is 3. The fourth-order valence-corrected chi connectivity index (χ4v) is 6.81. The van der Waals surface area contributed by atoms with Crippen molar-refractivity contribution < 1.29 is 18.4 Å². The predicted molar refractivity (Wildman–Crippen MR) is 146 cm³/mol. The van der Waals surface area contributed by atoms with Crippen molar-refractivity contribution in [1.82, 2.24) is 0 Å².